The lowest BCUT2D eigenvalue weighted by atomic mass is 10.1. The molecule has 2 rings (SSSR count). The van der Waals surface area contributed by atoms with E-state index in [0.29, 0.717) is 5.82 Å². The highest BCUT2D eigenvalue weighted by Crippen LogP contribution is 2.14. The molecule has 1 unspecified atom stereocenters. The number of carbonyl (C=O) groups is 2. The van der Waals surface area contributed by atoms with Gasteiger partial charge in [0.05, 0.1) is 6.42 Å². The van der Waals surface area contributed by atoms with Crippen molar-refractivity contribution in [3.05, 3.63) is 30.3 Å². The van der Waals surface area contributed by atoms with Gasteiger partial charge in [-0.2, -0.15) is 0 Å². The first kappa shape index (κ1) is 17.7. The Morgan fingerprint density at radius 1 is 1.21 bits per heavy atom. The van der Waals surface area contributed by atoms with Crippen molar-refractivity contribution in [1.29, 1.82) is 0 Å². The Labute approximate surface area is 140 Å². The number of hydrogen-bond donors (Lipinski definition) is 1. The third-order valence-corrected chi connectivity index (χ3v) is 3.03. The number of tetrazole rings is 1. The minimum Gasteiger partial charge on any atom is -0.460 e. The van der Waals surface area contributed by atoms with Crippen LogP contribution in [0, 0.1) is 0 Å². The number of esters is 1. The Hall–Kier alpha value is -2.61. The molecule has 1 heterocycles. The molecule has 0 spiro atoms. The highest BCUT2D eigenvalue weighted by molar-refractivity contribution is 5.85. The van der Waals surface area contributed by atoms with Gasteiger partial charge in [-0.3, -0.25) is 9.59 Å². The SMILES string of the molecule is CC(C)(C)OC(=O)CCC(=O)C(N)n1nnc(-c2ccccc2)n1. The van der Waals surface area contributed by atoms with Crippen LogP contribution in [0.2, 0.25) is 0 Å². The number of ketones is 1. The van der Waals surface area contributed by atoms with Gasteiger partial charge >= 0.3 is 5.97 Å². The van der Waals surface area contributed by atoms with Gasteiger partial charge in [0.25, 0.3) is 0 Å². The van der Waals surface area contributed by atoms with E-state index in [-0.39, 0.29) is 18.6 Å². The summed E-state index contributed by atoms with van der Waals surface area (Å²) in [5, 5.41) is 11.8. The predicted octanol–water partition coefficient (Wildman–Crippen LogP) is 1.49. The van der Waals surface area contributed by atoms with Gasteiger partial charge in [0.1, 0.15) is 5.60 Å². The third kappa shape index (κ3) is 4.95. The summed E-state index contributed by atoms with van der Waals surface area (Å²) >= 11 is 0. The number of aromatic nitrogens is 4. The summed E-state index contributed by atoms with van der Waals surface area (Å²) in [5.41, 5.74) is 6.03. The lowest BCUT2D eigenvalue weighted by Crippen LogP contribution is -2.31. The lowest BCUT2D eigenvalue weighted by molar-refractivity contribution is -0.155. The lowest BCUT2D eigenvalue weighted by Gasteiger charge is -2.19. The van der Waals surface area contributed by atoms with Crippen molar-refractivity contribution < 1.29 is 14.3 Å². The minimum atomic E-state index is -1.09. The zero-order chi connectivity index (χ0) is 17.7. The van der Waals surface area contributed by atoms with Gasteiger partial charge < -0.3 is 10.5 Å². The van der Waals surface area contributed by atoms with Crippen LogP contribution in [0.15, 0.2) is 30.3 Å². The largest absolute Gasteiger partial charge is 0.460 e. The number of rotatable bonds is 6. The normalized spacial score (nSPS) is 12.7. The van der Waals surface area contributed by atoms with Crippen LogP contribution >= 0.6 is 0 Å². The quantitative estimate of drug-likeness (QED) is 0.798. The van der Waals surface area contributed by atoms with E-state index in [1.807, 2.05) is 30.3 Å². The van der Waals surface area contributed by atoms with E-state index in [4.69, 9.17) is 10.5 Å². The second-order valence-corrected chi connectivity index (χ2v) is 6.30. The molecule has 0 saturated heterocycles. The molecule has 0 fully saturated rings. The van der Waals surface area contributed by atoms with Crippen LogP contribution < -0.4 is 5.73 Å². The van der Waals surface area contributed by atoms with Gasteiger partial charge in [0, 0.05) is 12.0 Å². The Bertz CT molecular complexity index is 706. The molecule has 1 atom stereocenters. The first-order chi connectivity index (χ1) is 11.3. The molecule has 0 saturated carbocycles. The monoisotopic (exact) mass is 331 g/mol. The van der Waals surface area contributed by atoms with Gasteiger partial charge in [-0.1, -0.05) is 30.3 Å². The Kier molecular flexibility index (Phi) is 5.40. The van der Waals surface area contributed by atoms with Crippen LogP contribution in [0.5, 0.6) is 0 Å². The summed E-state index contributed by atoms with van der Waals surface area (Å²) < 4.78 is 5.15. The maximum atomic E-state index is 12.1. The van der Waals surface area contributed by atoms with E-state index in [1.165, 1.54) is 0 Å². The fraction of sp³-hybridized carbons (Fsp3) is 0.438. The van der Waals surface area contributed by atoms with E-state index < -0.39 is 17.7 Å². The third-order valence-electron chi connectivity index (χ3n) is 3.03. The second-order valence-electron chi connectivity index (χ2n) is 6.30. The van der Waals surface area contributed by atoms with Crippen LogP contribution in [-0.4, -0.2) is 37.6 Å². The van der Waals surface area contributed by atoms with Gasteiger partial charge in [-0.25, -0.2) is 0 Å². The summed E-state index contributed by atoms with van der Waals surface area (Å²) in [6, 6.07) is 9.23. The zero-order valence-electron chi connectivity index (χ0n) is 14.0. The summed E-state index contributed by atoms with van der Waals surface area (Å²) in [6.07, 6.45) is -1.17. The zero-order valence-corrected chi connectivity index (χ0v) is 14.0. The molecule has 8 nitrogen and oxygen atoms in total. The van der Waals surface area contributed by atoms with Crippen molar-refractivity contribution in [2.24, 2.45) is 5.73 Å². The van der Waals surface area contributed by atoms with E-state index in [2.05, 4.69) is 15.4 Å². The van der Waals surface area contributed by atoms with Crippen molar-refractivity contribution in [2.75, 3.05) is 0 Å². The van der Waals surface area contributed by atoms with Gasteiger partial charge in [0.15, 0.2) is 11.9 Å². The van der Waals surface area contributed by atoms with Crippen molar-refractivity contribution in [2.45, 2.75) is 45.4 Å². The van der Waals surface area contributed by atoms with Crippen molar-refractivity contribution in [1.82, 2.24) is 20.2 Å². The number of carbonyl (C=O) groups excluding carboxylic acids is 2. The highest BCUT2D eigenvalue weighted by Gasteiger charge is 2.22. The second kappa shape index (κ2) is 7.31. The molecule has 0 amide bonds. The van der Waals surface area contributed by atoms with Crippen LogP contribution in [0.3, 0.4) is 0 Å². The molecule has 0 aliphatic carbocycles. The molecule has 2 N–H and O–H groups in total. The summed E-state index contributed by atoms with van der Waals surface area (Å²) in [6.45, 7) is 5.30. The predicted molar refractivity (Wildman–Crippen MR) is 86.6 cm³/mol. The van der Waals surface area contributed by atoms with Gasteiger partial charge in [-0.15, -0.1) is 15.0 Å². The molecule has 0 bridgehead atoms. The fourth-order valence-corrected chi connectivity index (χ4v) is 1.94. The molecule has 0 aliphatic heterocycles. The molecule has 24 heavy (non-hydrogen) atoms. The molecule has 0 aliphatic rings. The number of benzene rings is 1. The smallest absolute Gasteiger partial charge is 0.306 e. The number of hydrogen-bond acceptors (Lipinski definition) is 7. The summed E-state index contributed by atoms with van der Waals surface area (Å²) in [4.78, 5) is 24.8. The van der Waals surface area contributed by atoms with Crippen LogP contribution in [0.4, 0.5) is 0 Å². The van der Waals surface area contributed by atoms with E-state index in [0.717, 1.165) is 10.4 Å². The maximum Gasteiger partial charge on any atom is 0.306 e. The number of Topliss-reactive ketones (excluding diaryl/α,β-unsaturated/α-hetero) is 1. The molecule has 1 aromatic carbocycles. The molecule has 2 aromatic rings. The molecular weight excluding hydrogens is 310 g/mol. The fourth-order valence-electron chi connectivity index (χ4n) is 1.94. The summed E-state index contributed by atoms with van der Waals surface area (Å²) in [7, 11) is 0. The Morgan fingerprint density at radius 2 is 1.88 bits per heavy atom. The van der Waals surface area contributed by atoms with Gasteiger partial charge in [0.2, 0.25) is 5.82 Å². The van der Waals surface area contributed by atoms with Crippen LogP contribution in [-0.2, 0) is 14.3 Å². The molecule has 8 heteroatoms. The number of nitrogens with zero attached hydrogens (tertiary/aromatic N) is 4. The number of nitrogens with two attached hydrogens (primary N) is 1. The van der Waals surface area contributed by atoms with Crippen molar-refractivity contribution in [3.63, 3.8) is 0 Å². The van der Waals surface area contributed by atoms with E-state index >= 15 is 0 Å². The maximum absolute atomic E-state index is 12.1. The number of ether oxygens (including phenoxy) is 1. The van der Waals surface area contributed by atoms with E-state index in [1.54, 1.807) is 20.8 Å². The van der Waals surface area contributed by atoms with Gasteiger partial charge in [-0.05, 0) is 26.0 Å². The summed E-state index contributed by atoms with van der Waals surface area (Å²) in [5.74, 6) is -0.427. The first-order valence-electron chi connectivity index (χ1n) is 7.61. The average molecular weight is 331 g/mol. The Balaban J connectivity index is 1.94. The topological polar surface area (TPSA) is 113 Å². The Morgan fingerprint density at radius 3 is 2.50 bits per heavy atom. The molecule has 1 aromatic heterocycles. The van der Waals surface area contributed by atoms with Crippen molar-refractivity contribution >= 4 is 11.8 Å². The molecule has 0 radical (unpaired) electrons. The average Bonchev–Trinajstić information content (AvgIpc) is 3.01. The highest BCUT2D eigenvalue weighted by atomic mass is 16.6. The standard InChI is InChI=1S/C16H21N5O3/c1-16(2,3)24-13(23)10-9-12(22)14(17)21-19-15(18-20-21)11-7-5-4-6-8-11/h4-8,14H,9-10,17H2,1-3H3. The van der Waals surface area contributed by atoms with E-state index in [9.17, 15) is 9.59 Å². The first-order valence-corrected chi connectivity index (χ1v) is 7.61. The molecular formula is C16H21N5O3. The van der Waals surface area contributed by atoms with Crippen LogP contribution in [0.1, 0.15) is 39.8 Å². The molecule has 128 valence electrons. The minimum absolute atomic E-state index is 0.0377. The van der Waals surface area contributed by atoms with Crippen LogP contribution in [0.25, 0.3) is 11.4 Å². The van der Waals surface area contributed by atoms with Crippen molar-refractivity contribution in [3.8, 4) is 11.4 Å².